The Morgan fingerprint density at radius 1 is 1.27 bits per heavy atom. The Labute approximate surface area is 146 Å². The number of nitrogens with zero attached hydrogens (tertiary/aromatic N) is 2. The fourth-order valence-corrected chi connectivity index (χ4v) is 2.97. The molecule has 1 unspecified atom stereocenters. The minimum atomic E-state index is -4.96. The van der Waals surface area contributed by atoms with Gasteiger partial charge in [-0.2, -0.15) is 13.2 Å². The predicted octanol–water partition coefficient (Wildman–Crippen LogP) is 3.13. The Kier molecular flexibility index (Phi) is 4.25. The summed E-state index contributed by atoms with van der Waals surface area (Å²) < 4.78 is 45.1. The second-order valence-corrected chi connectivity index (χ2v) is 6.26. The number of carbonyl (C=O) groups is 2. The van der Waals surface area contributed by atoms with E-state index >= 15 is 0 Å². The highest BCUT2D eigenvalue weighted by atomic mass is 19.4. The van der Waals surface area contributed by atoms with E-state index < -0.39 is 36.4 Å². The summed E-state index contributed by atoms with van der Waals surface area (Å²) in [6.07, 6.45) is -4.63. The van der Waals surface area contributed by atoms with Crippen molar-refractivity contribution in [3.63, 3.8) is 0 Å². The molecule has 1 fully saturated rings. The highest BCUT2D eigenvalue weighted by Crippen LogP contribution is 2.46. The zero-order chi connectivity index (χ0) is 19.1. The molecule has 1 aliphatic heterocycles. The number of carbonyl (C=O) groups excluding carboxylic acids is 1. The van der Waals surface area contributed by atoms with Crippen LogP contribution >= 0.6 is 0 Å². The number of benzene rings is 1. The lowest BCUT2D eigenvalue weighted by Gasteiger charge is -2.27. The molecule has 1 amide bonds. The molecule has 1 atom stereocenters. The molecule has 0 saturated carbocycles. The maximum Gasteiger partial charge on any atom is 0.406 e. The van der Waals surface area contributed by atoms with Gasteiger partial charge >= 0.3 is 12.1 Å². The van der Waals surface area contributed by atoms with E-state index in [9.17, 15) is 22.8 Å². The van der Waals surface area contributed by atoms with Crippen LogP contribution in [0.25, 0.3) is 11.3 Å². The van der Waals surface area contributed by atoms with Crippen molar-refractivity contribution in [2.45, 2.75) is 19.5 Å². The van der Waals surface area contributed by atoms with E-state index in [1.54, 1.807) is 24.3 Å². The average Bonchev–Trinajstić information content (AvgIpc) is 3.22. The molecule has 26 heavy (non-hydrogen) atoms. The largest absolute Gasteiger partial charge is 0.481 e. The molecule has 1 aromatic carbocycles. The summed E-state index contributed by atoms with van der Waals surface area (Å²) in [5, 5.41) is 9.10. The van der Waals surface area contributed by atoms with Gasteiger partial charge in [0.2, 0.25) is 0 Å². The van der Waals surface area contributed by atoms with Crippen LogP contribution in [0.5, 0.6) is 0 Å². The van der Waals surface area contributed by atoms with Crippen LogP contribution in [-0.4, -0.2) is 46.1 Å². The number of aromatic nitrogens is 1. The minimum Gasteiger partial charge on any atom is -0.481 e. The molecular weight excluding hydrogens is 353 g/mol. The Hall–Kier alpha value is -2.84. The Morgan fingerprint density at radius 3 is 2.46 bits per heavy atom. The molecule has 0 radical (unpaired) electrons. The zero-order valence-corrected chi connectivity index (χ0v) is 13.7. The van der Waals surface area contributed by atoms with Crippen molar-refractivity contribution in [3.05, 3.63) is 41.9 Å². The summed E-state index contributed by atoms with van der Waals surface area (Å²) in [7, 11) is 0. The van der Waals surface area contributed by atoms with Crippen LogP contribution in [0.3, 0.4) is 0 Å². The summed E-state index contributed by atoms with van der Waals surface area (Å²) in [5.74, 6) is -2.64. The molecule has 2 heterocycles. The van der Waals surface area contributed by atoms with E-state index in [2.05, 4.69) is 4.98 Å². The first-order chi connectivity index (χ1) is 12.2. The summed E-state index contributed by atoms with van der Waals surface area (Å²) in [5.41, 5.74) is -1.57. The third-order valence-corrected chi connectivity index (χ3v) is 4.59. The summed E-state index contributed by atoms with van der Waals surface area (Å²) >= 11 is 0. The maximum absolute atomic E-state index is 13.3. The molecule has 138 valence electrons. The molecule has 2 aromatic rings. The van der Waals surface area contributed by atoms with Gasteiger partial charge in [-0.25, -0.2) is 4.98 Å². The van der Waals surface area contributed by atoms with Crippen LogP contribution in [0.4, 0.5) is 13.2 Å². The van der Waals surface area contributed by atoms with Crippen molar-refractivity contribution in [2.75, 3.05) is 13.1 Å². The monoisotopic (exact) mass is 368 g/mol. The highest BCUT2D eigenvalue weighted by Gasteiger charge is 2.64. The molecule has 6 nitrogen and oxygen atoms in total. The number of alkyl halides is 3. The van der Waals surface area contributed by atoms with E-state index in [0.717, 1.165) is 16.9 Å². The number of aliphatic carboxylic acids is 1. The fraction of sp³-hybridized carbons (Fsp3) is 0.353. The number of likely N-dealkylation sites (tertiary alicyclic amines) is 1. The van der Waals surface area contributed by atoms with Crippen LogP contribution in [0, 0.1) is 12.3 Å². The fourth-order valence-electron chi connectivity index (χ4n) is 2.97. The average molecular weight is 368 g/mol. The number of amides is 1. The third kappa shape index (κ3) is 2.83. The van der Waals surface area contributed by atoms with Crippen LogP contribution in [0.2, 0.25) is 0 Å². The van der Waals surface area contributed by atoms with E-state index in [-0.39, 0.29) is 18.0 Å². The lowest BCUT2D eigenvalue weighted by Crippen LogP contribution is -2.47. The first-order valence-electron chi connectivity index (χ1n) is 7.75. The van der Waals surface area contributed by atoms with Crippen LogP contribution in [0.1, 0.15) is 22.5 Å². The summed E-state index contributed by atoms with van der Waals surface area (Å²) in [4.78, 5) is 28.6. The van der Waals surface area contributed by atoms with Gasteiger partial charge in [0.25, 0.3) is 5.91 Å². The first-order valence-corrected chi connectivity index (χ1v) is 7.75. The molecule has 0 aliphatic carbocycles. The van der Waals surface area contributed by atoms with Gasteiger partial charge in [-0.15, -0.1) is 0 Å². The molecule has 1 saturated heterocycles. The molecule has 1 N–H and O–H groups in total. The minimum absolute atomic E-state index is 0.134. The van der Waals surface area contributed by atoms with Crippen molar-refractivity contribution >= 4 is 11.9 Å². The van der Waals surface area contributed by atoms with Crippen LogP contribution < -0.4 is 0 Å². The van der Waals surface area contributed by atoms with Gasteiger partial charge in [0.15, 0.2) is 23.3 Å². The van der Waals surface area contributed by atoms with Crippen molar-refractivity contribution in [3.8, 4) is 11.3 Å². The number of hydrogen-bond acceptors (Lipinski definition) is 4. The maximum atomic E-state index is 13.3. The van der Waals surface area contributed by atoms with Gasteiger partial charge in [0, 0.05) is 18.7 Å². The molecule has 0 bridgehead atoms. The van der Waals surface area contributed by atoms with E-state index in [0.29, 0.717) is 5.56 Å². The van der Waals surface area contributed by atoms with E-state index in [1.807, 2.05) is 6.92 Å². The number of aryl methyl sites for hydroxylation is 1. The second kappa shape index (κ2) is 6.15. The predicted molar refractivity (Wildman–Crippen MR) is 83.3 cm³/mol. The smallest absolute Gasteiger partial charge is 0.406 e. The molecule has 1 aliphatic rings. The summed E-state index contributed by atoms with van der Waals surface area (Å²) in [6.45, 7) is 0.596. The number of halogens is 3. The van der Waals surface area contributed by atoms with Crippen molar-refractivity contribution < 1.29 is 32.3 Å². The SMILES string of the molecule is Cc1ccc(-c2ocnc2C(=O)N2CCC(C(=O)O)(C(F)(F)F)C2)cc1. The topological polar surface area (TPSA) is 83.6 Å². The lowest BCUT2D eigenvalue weighted by molar-refractivity contribution is -0.227. The van der Waals surface area contributed by atoms with Gasteiger partial charge < -0.3 is 14.4 Å². The van der Waals surface area contributed by atoms with Gasteiger partial charge in [-0.05, 0) is 13.3 Å². The normalized spacial score (nSPS) is 20.4. The highest BCUT2D eigenvalue weighted by molar-refractivity contribution is 5.98. The number of carboxylic acid groups (broad SMARTS) is 1. The van der Waals surface area contributed by atoms with E-state index in [1.165, 1.54) is 0 Å². The van der Waals surface area contributed by atoms with Gasteiger partial charge in [0.05, 0.1) is 0 Å². The quantitative estimate of drug-likeness (QED) is 0.900. The van der Waals surface area contributed by atoms with Crippen molar-refractivity contribution in [1.29, 1.82) is 0 Å². The molecule has 3 rings (SSSR count). The second-order valence-electron chi connectivity index (χ2n) is 6.26. The molecular formula is C17H15F3N2O4. The first kappa shape index (κ1) is 18.0. The number of rotatable bonds is 3. The van der Waals surface area contributed by atoms with Crippen LogP contribution in [-0.2, 0) is 4.79 Å². The van der Waals surface area contributed by atoms with Crippen molar-refractivity contribution in [2.24, 2.45) is 5.41 Å². The lowest BCUT2D eigenvalue weighted by atomic mass is 9.86. The Balaban J connectivity index is 1.89. The van der Waals surface area contributed by atoms with E-state index in [4.69, 9.17) is 9.52 Å². The zero-order valence-electron chi connectivity index (χ0n) is 13.7. The van der Waals surface area contributed by atoms with Gasteiger partial charge in [-0.3, -0.25) is 9.59 Å². The standard InChI is InChI=1S/C17H15F3N2O4/c1-10-2-4-11(5-3-10)13-12(21-9-26-13)14(23)22-7-6-16(8-22,15(24)25)17(18,19)20/h2-5,9H,6-8H2,1H3,(H,24,25). The number of hydrogen-bond donors (Lipinski definition) is 1. The van der Waals surface area contributed by atoms with Crippen LogP contribution in [0.15, 0.2) is 35.1 Å². The third-order valence-electron chi connectivity index (χ3n) is 4.59. The Morgan fingerprint density at radius 2 is 1.92 bits per heavy atom. The van der Waals surface area contributed by atoms with Gasteiger partial charge in [-0.1, -0.05) is 29.8 Å². The Bertz CT molecular complexity index is 844. The van der Waals surface area contributed by atoms with Gasteiger partial charge in [0.1, 0.15) is 0 Å². The number of carboxylic acids is 1. The summed E-state index contributed by atoms with van der Waals surface area (Å²) in [6, 6.07) is 6.99. The molecule has 9 heteroatoms. The van der Waals surface area contributed by atoms with Crippen molar-refractivity contribution in [1.82, 2.24) is 9.88 Å². The number of oxazole rings is 1. The molecule has 0 spiro atoms. The molecule has 1 aromatic heterocycles.